The molecule has 0 aromatic carbocycles. The number of terminal acetylenes is 1. The molecule has 0 saturated carbocycles. The molecule has 0 spiro atoms. The molecule has 0 aromatic heterocycles. The minimum absolute atomic E-state index is 0.905. The molecule has 0 saturated heterocycles. The maximum absolute atomic E-state index is 5.18. The van der Waals surface area contributed by atoms with Gasteiger partial charge in [0.1, 0.15) is 0 Å². The Balaban J connectivity index is 3.09. The highest BCUT2D eigenvalue weighted by Crippen LogP contribution is 2.15. The minimum Gasteiger partial charge on any atom is -0.120 e. The lowest BCUT2D eigenvalue weighted by Gasteiger charge is -2.08. The molecule has 0 bridgehead atoms. The van der Waals surface area contributed by atoms with E-state index >= 15 is 0 Å². The summed E-state index contributed by atoms with van der Waals surface area (Å²) >= 11 is 0. The van der Waals surface area contributed by atoms with Crippen LogP contribution in [0.2, 0.25) is 0 Å². The van der Waals surface area contributed by atoms with Gasteiger partial charge < -0.3 is 0 Å². The molecule has 0 fully saturated rings. The van der Waals surface area contributed by atoms with Gasteiger partial charge in [-0.25, -0.2) is 0 Å². The molecule has 0 aliphatic rings. The molecule has 0 amide bonds. The van der Waals surface area contributed by atoms with Crippen molar-refractivity contribution in [3.63, 3.8) is 0 Å². The average molecular weight is 166 g/mol. The third-order valence-corrected chi connectivity index (χ3v) is 2.32. The molecule has 0 aliphatic heterocycles. The number of hydrogen-bond donors (Lipinski definition) is 0. The van der Waals surface area contributed by atoms with Crippen LogP contribution in [0, 0.1) is 18.3 Å². The highest BCUT2D eigenvalue weighted by atomic mass is 14.1. The van der Waals surface area contributed by atoms with Gasteiger partial charge in [0.05, 0.1) is 0 Å². The van der Waals surface area contributed by atoms with Crippen molar-refractivity contribution >= 4 is 0 Å². The van der Waals surface area contributed by atoms with Crippen LogP contribution in [0.3, 0.4) is 0 Å². The number of unbranched alkanes of at least 4 members (excludes halogenated alkanes) is 3. The van der Waals surface area contributed by atoms with Crippen LogP contribution in [0.5, 0.6) is 0 Å². The van der Waals surface area contributed by atoms with Crippen LogP contribution in [0.25, 0.3) is 0 Å². The molecular formula is C12H22. The van der Waals surface area contributed by atoms with Crippen molar-refractivity contribution < 1.29 is 0 Å². The Morgan fingerprint density at radius 1 is 1.17 bits per heavy atom. The standard InChI is InChI=1S/C12H22/c1-4-6-8-9-11-12(3)10-7-5-2/h1,12H,5-11H2,2-3H3/t12-/m1/s1. The molecule has 70 valence electrons. The van der Waals surface area contributed by atoms with Crippen molar-refractivity contribution in [1.29, 1.82) is 0 Å². The van der Waals surface area contributed by atoms with E-state index in [-0.39, 0.29) is 0 Å². The molecule has 12 heavy (non-hydrogen) atoms. The summed E-state index contributed by atoms with van der Waals surface area (Å²) in [5.41, 5.74) is 0. The quantitative estimate of drug-likeness (QED) is 0.396. The molecule has 0 rings (SSSR count). The summed E-state index contributed by atoms with van der Waals surface area (Å²) in [6.07, 6.45) is 14.1. The van der Waals surface area contributed by atoms with Gasteiger partial charge in [-0.05, 0) is 12.3 Å². The zero-order valence-corrected chi connectivity index (χ0v) is 8.60. The molecule has 0 N–H and O–H groups in total. The second kappa shape index (κ2) is 8.65. The summed E-state index contributed by atoms with van der Waals surface area (Å²) in [7, 11) is 0. The topological polar surface area (TPSA) is 0 Å². The normalized spacial score (nSPS) is 12.4. The van der Waals surface area contributed by atoms with Crippen molar-refractivity contribution in [3.05, 3.63) is 0 Å². The van der Waals surface area contributed by atoms with E-state index in [4.69, 9.17) is 6.42 Å². The smallest absolute Gasteiger partial charge is 0.00860 e. The zero-order chi connectivity index (χ0) is 9.23. The fourth-order valence-corrected chi connectivity index (χ4v) is 1.42. The van der Waals surface area contributed by atoms with Gasteiger partial charge >= 0.3 is 0 Å². The summed E-state index contributed by atoms with van der Waals surface area (Å²) in [6, 6.07) is 0. The van der Waals surface area contributed by atoms with Crippen LogP contribution in [0.4, 0.5) is 0 Å². The van der Waals surface area contributed by atoms with Gasteiger partial charge in [0, 0.05) is 6.42 Å². The van der Waals surface area contributed by atoms with Gasteiger partial charge in [-0.3, -0.25) is 0 Å². The van der Waals surface area contributed by atoms with E-state index in [9.17, 15) is 0 Å². The van der Waals surface area contributed by atoms with Crippen molar-refractivity contribution in [2.75, 3.05) is 0 Å². The van der Waals surface area contributed by atoms with E-state index in [1.807, 2.05) is 0 Å². The highest BCUT2D eigenvalue weighted by Gasteiger charge is 1.99. The fraction of sp³-hybridized carbons (Fsp3) is 0.833. The Morgan fingerprint density at radius 3 is 2.42 bits per heavy atom. The fourth-order valence-electron chi connectivity index (χ4n) is 1.42. The first-order chi connectivity index (χ1) is 5.81. The largest absolute Gasteiger partial charge is 0.120 e. The molecule has 0 heterocycles. The monoisotopic (exact) mass is 166 g/mol. The number of hydrogen-bond acceptors (Lipinski definition) is 0. The lowest BCUT2D eigenvalue weighted by atomic mass is 9.98. The zero-order valence-electron chi connectivity index (χ0n) is 8.60. The number of rotatable bonds is 7. The Hall–Kier alpha value is -0.440. The van der Waals surface area contributed by atoms with Crippen LogP contribution in [0.1, 0.15) is 58.8 Å². The van der Waals surface area contributed by atoms with Crippen molar-refractivity contribution in [2.45, 2.75) is 58.8 Å². The Labute approximate surface area is 77.8 Å². The summed E-state index contributed by atoms with van der Waals surface area (Å²) in [4.78, 5) is 0. The molecular weight excluding hydrogens is 144 g/mol. The van der Waals surface area contributed by atoms with Gasteiger partial charge in [0.15, 0.2) is 0 Å². The summed E-state index contributed by atoms with van der Waals surface area (Å²) in [6.45, 7) is 4.61. The average Bonchev–Trinajstić information content (AvgIpc) is 2.09. The molecule has 0 aromatic rings. The van der Waals surface area contributed by atoms with Crippen LogP contribution in [-0.2, 0) is 0 Å². The van der Waals surface area contributed by atoms with Crippen LogP contribution < -0.4 is 0 Å². The third-order valence-electron chi connectivity index (χ3n) is 2.32. The van der Waals surface area contributed by atoms with Gasteiger partial charge in [-0.2, -0.15) is 0 Å². The van der Waals surface area contributed by atoms with Crippen molar-refractivity contribution in [2.24, 2.45) is 5.92 Å². The van der Waals surface area contributed by atoms with Gasteiger partial charge in [0.25, 0.3) is 0 Å². The first kappa shape index (κ1) is 11.6. The summed E-state index contributed by atoms with van der Waals surface area (Å²) in [5.74, 6) is 3.59. The van der Waals surface area contributed by atoms with Crippen molar-refractivity contribution in [1.82, 2.24) is 0 Å². The molecule has 1 atom stereocenters. The van der Waals surface area contributed by atoms with E-state index in [1.54, 1.807) is 0 Å². The van der Waals surface area contributed by atoms with Gasteiger partial charge in [-0.15, -0.1) is 12.3 Å². The second-order valence-corrected chi connectivity index (χ2v) is 3.70. The van der Waals surface area contributed by atoms with Crippen LogP contribution in [-0.4, -0.2) is 0 Å². The molecule has 0 heteroatoms. The summed E-state index contributed by atoms with van der Waals surface area (Å²) < 4.78 is 0. The first-order valence-corrected chi connectivity index (χ1v) is 5.24. The van der Waals surface area contributed by atoms with Gasteiger partial charge in [0.2, 0.25) is 0 Å². The predicted octanol–water partition coefficient (Wildman–Crippen LogP) is 4.01. The SMILES string of the molecule is C#CCCCC[C@H](C)CCCC. The van der Waals surface area contributed by atoms with E-state index < -0.39 is 0 Å². The predicted molar refractivity (Wildman–Crippen MR) is 56.0 cm³/mol. The molecule has 0 unspecified atom stereocenters. The molecule has 0 radical (unpaired) electrons. The lowest BCUT2D eigenvalue weighted by molar-refractivity contribution is 0.451. The van der Waals surface area contributed by atoms with Gasteiger partial charge in [-0.1, -0.05) is 46.0 Å². The Morgan fingerprint density at radius 2 is 1.83 bits per heavy atom. The van der Waals surface area contributed by atoms with E-state index in [1.165, 1.54) is 38.5 Å². The maximum atomic E-state index is 5.18. The van der Waals surface area contributed by atoms with Crippen LogP contribution >= 0.6 is 0 Å². The van der Waals surface area contributed by atoms with Crippen molar-refractivity contribution in [3.8, 4) is 12.3 Å². The Bertz CT molecular complexity index is 118. The minimum atomic E-state index is 0.905. The highest BCUT2D eigenvalue weighted by molar-refractivity contribution is 4.82. The third kappa shape index (κ3) is 7.66. The Kier molecular flexibility index (Phi) is 8.34. The first-order valence-electron chi connectivity index (χ1n) is 5.24. The molecule has 0 nitrogen and oxygen atoms in total. The summed E-state index contributed by atoms with van der Waals surface area (Å²) in [5, 5.41) is 0. The lowest BCUT2D eigenvalue weighted by Crippen LogP contribution is -1.94. The van der Waals surface area contributed by atoms with E-state index in [0.717, 1.165) is 12.3 Å². The van der Waals surface area contributed by atoms with E-state index in [0.29, 0.717) is 0 Å². The van der Waals surface area contributed by atoms with E-state index in [2.05, 4.69) is 19.8 Å². The van der Waals surface area contributed by atoms with Crippen LogP contribution in [0.15, 0.2) is 0 Å². The second-order valence-electron chi connectivity index (χ2n) is 3.70. The maximum Gasteiger partial charge on any atom is 0.00860 e. The molecule has 0 aliphatic carbocycles.